The van der Waals surface area contributed by atoms with E-state index in [1.807, 2.05) is 36.4 Å². The summed E-state index contributed by atoms with van der Waals surface area (Å²) in [6.07, 6.45) is 9.83. The fourth-order valence-electron chi connectivity index (χ4n) is 14.7. The number of anilines is 18. The standard InChI is InChI=1S/C71H98ClN35/c1-4-5-15-23-73-55-80-62-91-63(81-55)100-33-35-102(36-34-100)66-84-57(75-49-50(2)3)85-67(93-66)103-39-43-105(44-40-103)69-87-59(77-53-20-13-8-14-21-53)89-71(95-69)107-47-45-106(46-48-107)70-88-58(76-52-18-11-7-12-19-52)86-68(94-70)104-41-37-101(38-42-104)65-83-56(74-24-22-51-16-9-6-10-17-51)82-64(92-65)99-31-27-97(28-32-99)61-79-54(72)78-60(90-61)96-25-29-98(62)30-26-96/h6-7,9-12,16-19,50,53H,4-5,8,13-15,20-49H2,1-3H3,(H,73,80,81,91)(H,74,82,83,92)(H,75,84,85,93)(H,76,86,88,94)(H,77,87,89,95). The summed E-state index contributed by atoms with van der Waals surface area (Å²) in [5.41, 5.74) is 2.11. The number of halogens is 1. The van der Waals surface area contributed by atoms with Gasteiger partial charge in [-0.1, -0.05) is 101 Å². The number of hydrogen-bond donors (Lipinski definition) is 5. The minimum Gasteiger partial charge on any atom is -0.354 e. The molecule has 8 aromatic rings. The van der Waals surface area contributed by atoms with Crippen molar-refractivity contribution in [2.45, 2.75) is 84.6 Å². The summed E-state index contributed by atoms with van der Waals surface area (Å²) in [4.78, 5) is 119. The van der Waals surface area contributed by atoms with E-state index in [0.29, 0.717) is 277 Å². The number of para-hydroxylation sites is 1. The molecule has 0 amide bonds. The van der Waals surface area contributed by atoms with Crippen LogP contribution in [0.5, 0.6) is 0 Å². The molecule has 6 aromatic heterocycles. The van der Waals surface area contributed by atoms with Crippen molar-refractivity contribution in [1.29, 1.82) is 0 Å². The molecule has 0 radical (unpaired) electrons. The number of nitrogens with one attached hydrogen (secondary N) is 5. The Kier molecular flexibility index (Phi) is 21.8. The van der Waals surface area contributed by atoms with Crippen molar-refractivity contribution in [3.8, 4) is 0 Å². The third kappa shape index (κ3) is 17.4. The molecule has 1 saturated carbocycles. The predicted molar refractivity (Wildman–Crippen MR) is 421 cm³/mol. The van der Waals surface area contributed by atoms with E-state index in [-0.39, 0.29) is 5.28 Å². The highest BCUT2D eigenvalue weighted by molar-refractivity contribution is 6.28. The zero-order valence-corrected chi connectivity index (χ0v) is 62.4. The van der Waals surface area contributed by atoms with E-state index in [1.165, 1.54) is 24.8 Å². The van der Waals surface area contributed by atoms with Crippen molar-refractivity contribution in [3.63, 3.8) is 0 Å². The Morgan fingerprint density at radius 2 is 0.636 bits per heavy atom. The molecule has 0 spiro atoms. The second-order valence-electron chi connectivity index (χ2n) is 28.9. The Hall–Kier alpha value is -10.6. The fraction of sp³-hybridized carbons (Fsp3) is 0.577. The molecule has 6 saturated heterocycles. The summed E-state index contributed by atoms with van der Waals surface area (Å²) >= 11 is 6.82. The SMILES string of the molecule is CCCCCNc1nc2nc(n1)N1CCN(CC1)c1nc(NCC(C)C)nc(n1)N1CCN(CC1)c1nc(NC3CCCCC3)nc(n1)N1CCN(CC1)c1nc(Nc3ccccc3)nc(n1)N1CCN(CC1)c1nc(NCCc3ccccc3)nc(n1)N1CCN(CC1)c1nc(Cl)nc(n1)N1CCN2CC1. The molecule has 7 fully saturated rings. The van der Waals surface area contributed by atoms with E-state index in [2.05, 4.69) is 130 Å². The van der Waals surface area contributed by atoms with Crippen LogP contribution in [0.2, 0.25) is 5.28 Å². The Labute approximate surface area is 629 Å². The predicted octanol–water partition coefficient (Wildman–Crippen LogP) is 5.54. The van der Waals surface area contributed by atoms with Gasteiger partial charge in [-0.05, 0) is 60.9 Å². The van der Waals surface area contributed by atoms with Crippen LogP contribution >= 0.6 is 11.6 Å². The molecular formula is C71H98ClN35. The third-order valence-corrected chi connectivity index (χ3v) is 21.1. The van der Waals surface area contributed by atoms with Crippen LogP contribution in [0.3, 0.4) is 0 Å². The van der Waals surface area contributed by atoms with Crippen LogP contribution in [0.15, 0.2) is 60.7 Å². The second kappa shape index (κ2) is 33.0. The monoisotopic (exact) mass is 1480 g/mol. The minimum atomic E-state index is 0.146. The van der Waals surface area contributed by atoms with Crippen LogP contribution in [0.1, 0.15) is 77.7 Å². The van der Waals surface area contributed by atoms with Crippen LogP contribution in [0.4, 0.5) is 107 Å². The van der Waals surface area contributed by atoms with E-state index in [1.54, 1.807) is 0 Å². The van der Waals surface area contributed by atoms with Gasteiger partial charge in [0.1, 0.15) is 0 Å². The van der Waals surface area contributed by atoms with Gasteiger partial charge in [-0.25, -0.2) is 0 Å². The summed E-state index contributed by atoms with van der Waals surface area (Å²) in [6, 6.07) is 20.8. The van der Waals surface area contributed by atoms with Gasteiger partial charge in [-0.3, -0.25) is 0 Å². The highest BCUT2D eigenvalue weighted by atomic mass is 35.5. The van der Waals surface area contributed by atoms with Crippen molar-refractivity contribution >= 4 is 118 Å². The number of benzene rings is 2. The number of nitrogens with zero attached hydrogens (tertiary/aromatic N) is 30. The molecule has 5 N–H and O–H groups in total. The van der Waals surface area contributed by atoms with Gasteiger partial charge in [0.05, 0.1) is 0 Å². The van der Waals surface area contributed by atoms with Crippen LogP contribution in [-0.4, -0.2) is 272 Å². The topological polar surface area (TPSA) is 331 Å². The molecule has 564 valence electrons. The van der Waals surface area contributed by atoms with Crippen molar-refractivity contribution in [1.82, 2.24) is 89.7 Å². The van der Waals surface area contributed by atoms with Crippen LogP contribution in [0, 0.1) is 5.92 Å². The molecule has 25 rings (SSSR count). The summed E-state index contributed by atoms with van der Waals surface area (Å²) in [6.45, 7) is 23.9. The van der Waals surface area contributed by atoms with Crippen molar-refractivity contribution in [3.05, 3.63) is 71.5 Å². The first-order valence-corrected chi connectivity index (χ1v) is 39.0. The van der Waals surface area contributed by atoms with Crippen molar-refractivity contribution < 1.29 is 0 Å². The summed E-state index contributed by atoms with van der Waals surface area (Å²) in [5, 5.41) is 18.1. The molecule has 24 bridgehead atoms. The van der Waals surface area contributed by atoms with Crippen molar-refractivity contribution in [2.75, 3.05) is 262 Å². The Bertz CT molecular complexity index is 4230. The first-order chi connectivity index (χ1) is 52.6. The lowest BCUT2D eigenvalue weighted by atomic mass is 9.96. The fourth-order valence-corrected chi connectivity index (χ4v) is 14.9. The van der Waals surface area contributed by atoms with E-state index in [9.17, 15) is 0 Å². The van der Waals surface area contributed by atoms with Gasteiger partial charge >= 0.3 is 0 Å². The highest BCUT2D eigenvalue weighted by Gasteiger charge is 2.34. The van der Waals surface area contributed by atoms with E-state index in [4.69, 9.17) is 101 Å². The summed E-state index contributed by atoms with van der Waals surface area (Å²) in [5.74, 6) is 10.5. The molecule has 17 aliphatic rings. The highest BCUT2D eigenvalue weighted by Crippen LogP contribution is 2.31. The molecule has 2 aromatic carbocycles. The quantitative estimate of drug-likeness (QED) is 0.0742. The minimum absolute atomic E-state index is 0.146. The molecule has 36 heteroatoms. The maximum atomic E-state index is 6.82. The van der Waals surface area contributed by atoms with Crippen molar-refractivity contribution in [2.24, 2.45) is 5.92 Å². The van der Waals surface area contributed by atoms with Gasteiger partial charge in [0.15, 0.2) is 0 Å². The van der Waals surface area contributed by atoms with Gasteiger partial charge in [-0.15, -0.1) is 0 Å². The smallest absolute Gasteiger partial charge is 0.233 e. The zero-order valence-electron chi connectivity index (χ0n) is 61.7. The van der Waals surface area contributed by atoms with E-state index >= 15 is 0 Å². The number of unbranched alkanes of at least 4 members (excludes halogenated alkanes) is 2. The zero-order chi connectivity index (χ0) is 72.4. The van der Waals surface area contributed by atoms with Gasteiger partial charge in [0, 0.05) is 188 Å². The number of aromatic nitrogens is 18. The van der Waals surface area contributed by atoms with Gasteiger partial charge in [0.25, 0.3) is 0 Å². The Morgan fingerprint density at radius 3 is 0.972 bits per heavy atom. The maximum Gasteiger partial charge on any atom is 0.233 e. The summed E-state index contributed by atoms with van der Waals surface area (Å²) in [7, 11) is 0. The number of piperazine rings is 6. The number of hydrogen-bond acceptors (Lipinski definition) is 35. The summed E-state index contributed by atoms with van der Waals surface area (Å²) < 4.78 is 0. The first-order valence-electron chi connectivity index (χ1n) is 38.6. The number of rotatable bonds is 16. The molecule has 22 heterocycles. The molecule has 1 aliphatic carbocycles. The van der Waals surface area contributed by atoms with Gasteiger partial charge in [-0.2, -0.15) is 89.7 Å². The molecule has 16 aliphatic heterocycles. The molecule has 35 nitrogen and oxygen atoms in total. The lowest BCUT2D eigenvalue weighted by Crippen LogP contribution is -2.50. The lowest BCUT2D eigenvalue weighted by molar-refractivity contribution is 0.460. The molecule has 107 heavy (non-hydrogen) atoms. The largest absolute Gasteiger partial charge is 0.354 e. The van der Waals surface area contributed by atoms with E-state index in [0.717, 1.165) is 57.3 Å². The van der Waals surface area contributed by atoms with E-state index < -0.39 is 0 Å². The molecule has 0 unspecified atom stereocenters. The van der Waals surface area contributed by atoms with Crippen LogP contribution < -0.4 is 85.4 Å². The van der Waals surface area contributed by atoms with Gasteiger partial charge < -0.3 is 85.4 Å². The lowest BCUT2D eigenvalue weighted by Gasteiger charge is -2.38. The molecule has 0 atom stereocenters. The first kappa shape index (κ1) is 70.7. The average Bonchev–Trinajstić information content (AvgIpc) is 0.804. The Balaban J connectivity index is 0.697. The normalized spacial score (nSPS) is 18.0. The van der Waals surface area contributed by atoms with Crippen LogP contribution in [-0.2, 0) is 6.42 Å². The Morgan fingerprint density at radius 1 is 0.336 bits per heavy atom. The van der Waals surface area contributed by atoms with Crippen LogP contribution in [0.25, 0.3) is 0 Å². The molecular weight excluding hydrogens is 1380 g/mol. The second-order valence-corrected chi connectivity index (χ2v) is 29.2. The maximum absolute atomic E-state index is 6.82. The van der Waals surface area contributed by atoms with Gasteiger partial charge in [0.2, 0.25) is 106 Å². The third-order valence-electron chi connectivity index (χ3n) is 21.0. The average molecular weight is 1480 g/mol.